The number of ketones is 3. The number of likely N-dealkylation sites (tertiary alicyclic amines) is 1. The van der Waals surface area contributed by atoms with E-state index < -0.39 is 50.7 Å². The fraction of sp³-hybridized carbons (Fsp3) is 0.703. The molecule has 1 aromatic carbocycles. The van der Waals surface area contributed by atoms with Crippen LogP contribution < -0.4 is 5.73 Å². The Balaban J connectivity index is 1.52. The Labute approximate surface area is 280 Å². The van der Waals surface area contributed by atoms with E-state index in [1.807, 2.05) is 34.6 Å². The number of fused-ring (bicyclic) bond motifs is 1. The van der Waals surface area contributed by atoms with Gasteiger partial charge in [-0.3, -0.25) is 24.0 Å². The van der Waals surface area contributed by atoms with Gasteiger partial charge in [0.2, 0.25) is 11.7 Å². The third-order valence-electron chi connectivity index (χ3n) is 11.5. The third-order valence-corrected chi connectivity index (χ3v) is 13.3. The molecule has 1 saturated heterocycles. The number of carbonyl (C=O) groups is 5. The van der Waals surface area contributed by atoms with E-state index in [1.165, 1.54) is 0 Å². The molecule has 10 heteroatoms. The van der Waals surface area contributed by atoms with Crippen LogP contribution in [0.25, 0.3) is 0 Å². The minimum atomic E-state index is -3.61. The zero-order valence-corrected chi connectivity index (χ0v) is 30.0. The fourth-order valence-electron chi connectivity index (χ4n) is 7.92. The van der Waals surface area contributed by atoms with Gasteiger partial charge in [-0.15, -0.1) is 0 Å². The molecule has 0 aromatic heterocycles. The van der Waals surface area contributed by atoms with Crippen molar-refractivity contribution in [3.05, 3.63) is 30.3 Å². The molecule has 9 nitrogen and oxygen atoms in total. The molecule has 4 rings (SSSR count). The quantitative estimate of drug-likeness (QED) is 0.242. The second-order valence-electron chi connectivity index (χ2n) is 16.5. The van der Waals surface area contributed by atoms with E-state index in [1.54, 1.807) is 35.2 Å². The number of primary amides is 1. The number of rotatable bonds is 16. The van der Waals surface area contributed by atoms with E-state index in [-0.39, 0.29) is 76.5 Å². The number of hydrogen-bond donors (Lipinski definition) is 1. The van der Waals surface area contributed by atoms with E-state index in [2.05, 4.69) is 13.8 Å². The molecule has 0 radical (unpaired) electrons. The molecule has 1 unspecified atom stereocenters. The van der Waals surface area contributed by atoms with Crippen LogP contribution >= 0.6 is 0 Å². The summed E-state index contributed by atoms with van der Waals surface area (Å²) in [7, 11) is -3.61. The van der Waals surface area contributed by atoms with Gasteiger partial charge < -0.3 is 10.6 Å². The van der Waals surface area contributed by atoms with Crippen molar-refractivity contribution in [3.63, 3.8) is 0 Å². The molecule has 2 aliphatic carbocycles. The Kier molecular flexibility index (Phi) is 10.9. The van der Waals surface area contributed by atoms with Gasteiger partial charge in [-0.1, -0.05) is 85.9 Å². The Morgan fingerprint density at radius 3 is 2.11 bits per heavy atom. The molecule has 2 saturated carbocycles. The maximum atomic E-state index is 14.4. The van der Waals surface area contributed by atoms with E-state index in [4.69, 9.17) is 5.73 Å². The van der Waals surface area contributed by atoms with Gasteiger partial charge in [-0.05, 0) is 59.0 Å². The van der Waals surface area contributed by atoms with E-state index >= 15 is 0 Å². The van der Waals surface area contributed by atoms with Crippen molar-refractivity contribution < 1.29 is 32.4 Å². The lowest BCUT2D eigenvalue weighted by molar-refractivity contribution is -0.148. The standard InChI is InChI=1S/C37H54N2O7S/c1-22(2)25(21-47(45,46)27-14-9-8-10-15-27)17-26(40)19-28(36(3,4)5)35(44)39-20-29-31(37(29,6)7)32(39)30(41)18-24(33(42)34(38)43)16-23-12-11-13-23/h8-10,14-15,22-25,28-29,31-32H,11-13,16-21H2,1-7H3,(H2,38,43)/t24?,25-,28-,29+,31+,32-/m1/s1. The molecule has 3 fully saturated rings. The van der Waals surface area contributed by atoms with Crippen LogP contribution in [0, 0.1) is 52.3 Å². The van der Waals surface area contributed by atoms with Crippen LogP contribution in [0.1, 0.15) is 93.4 Å². The summed E-state index contributed by atoms with van der Waals surface area (Å²) in [6, 6.07) is 7.49. The molecule has 1 aromatic rings. The average Bonchev–Trinajstić information content (AvgIpc) is 3.26. The van der Waals surface area contributed by atoms with Crippen LogP contribution in [-0.4, -0.2) is 60.8 Å². The molecular weight excluding hydrogens is 616 g/mol. The SMILES string of the molecule is CC(C)[C@H](CC(=O)C[C@H](C(=O)N1C[C@H]2[C@@H]([C@H]1C(=O)CC(CC1CCC1)C(=O)C(N)=O)C2(C)C)C(C)(C)C)CS(=O)(=O)c1ccccc1. The molecule has 1 aliphatic heterocycles. The van der Waals surface area contributed by atoms with E-state index in [0.717, 1.165) is 19.3 Å². The number of amides is 2. The van der Waals surface area contributed by atoms with Gasteiger partial charge in [0.25, 0.3) is 5.91 Å². The molecule has 0 bridgehead atoms. The van der Waals surface area contributed by atoms with Crippen molar-refractivity contribution >= 4 is 39.0 Å². The summed E-state index contributed by atoms with van der Waals surface area (Å²) >= 11 is 0. The Hall–Kier alpha value is -2.88. The first kappa shape index (κ1) is 36.9. The van der Waals surface area contributed by atoms with Crippen molar-refractivity contribution in [3.8, 4) is 0 Å². The summed E-state index contributed by atoms with van der Waals surface area (Å²) in [5, 5.41) is 0. The monoisotopic (exact) mass is 670 g/mol. The zero-order chi connectivity index (χ0) is 35.1. The Morgan fingerprint density at radius 1 is 0.979 bits per heavy atom. The highest BCUT2D eigenvalue weighted by Gasteiger charge is 2.69. The highest BCUT2D eigenvalue weighted by atomic mass is 32.2. The first-order valence-electron chi connectivity index (χ1n) is 17.2. The van der Waals surface area contributed by atoms with Gasteiger partial charge in [0.05, 0.1) is 16.7 Å². The number of Topliss-reactive ketones (excluding diaryl/α,β-unsaturated/α-hetero) is 3. The van der Waals surface area contributed by atoms with Gasteiger partial charge in [-0.2, -0.15) is 0 Å². The van der Waals surface area contributed by atoms with Crippen LogP contribution in [0.2, 0.25) is 0 Å². The van der Waals surface area contributed by atoms with Crippen molar-refractivity contribution in [1.29, 1.82) is 0 Å². The van der Waals surface area contributed by atoms with Gasteiger partial charge in [-0.25, -0.2) is 8.42 Å². The molecule has 0 spiro atoms. The number of nitrogens with two attached hydrogens (primary N) is 1. The lowest BCUT2D eigenvalue weighted by atomic mass is 9.75. The highest BCUT2D eigenvalue weighted by Crippen LogP contribution is 2.65. The molecule has 3 aliphatic rings. The summed E-state index contributed by atoms with van der Waals surface area (Å²) in [5.41, 5.74) is 4.62. The number of hydrogen-bond acceptors (Lipinski definition) is 7. The topological polar surface area (TPSA) is 149 Å². The number of carbonyl (C=O) groups excluding carboxylic acids is 5. The third kappa shape index (κ3) is 8.23. The molecule has 260 valence electrons. The lowest BCUT2D eigenvalue weighted by Crippen LogP contribution is -2.51. The van der Waals surface area contributed by atoms with Gasteiger partial charge in [0.15, 0.2) is 15.6 Å². The summed E-state index contributed by atoms with van der Waals surface area (Å²) in [5.74, 6) is -4.24. The minimum Gasteiger partial charge on any atom is -0.363 e. The van der Waals surface area contributed by atoms with Crippen LogP contribution in [0.3, 0.4) is 0 Å². The fourth-order valence-corrected chi connectivity index (χ4v) is 9.75. The number of piperidine rings is 1. The van der Waals surface area contributed by atoms with Crippen LogP contribution in [-0.2, 0) is 33.8 Å². The number of sulfone groups is 1. The van der Waals surface area contributed by atoms with Crippen LogP contribution in [0.5, 0.6) is 0 Å². The first-order valence-corrected chi connectivity index (χ1v) is 18.9. The van der Waals surface area contributed by atoms with Crippen LogP contribution in [0.15, 0.2) is 35.2 Å². The predicted octanol–water partition coefficient (Wildman–Crippen LogP) is 5.05. The van der Waals surface area contributed by atoms with Gasteiger partial charge in [0, 0.05) is 37.6 Å². The smallest absolute Gasteiger partial charge is 0.285 e. The summed E-state index contributed by atoms with van der Waals surface area (Å²) < 4.78 is 26.3. The largest absolute Gasteiger partial charge is 0.363 e. The predicted molar refractivity (Wildman–Crippen MR) is 180 cm³/mol. The Morgan fingerprint density at radius 2 is 1.60 bits per heavy atom. The van der Waals surface area contributed by atoms with Crippen molar-refractivity contribution in [2.75, 3.05) is 12.3 Å². The van der Waals surface area contributed by atoms with E-state index in [9.17, 15) is 32.4 Å². The summed E-state index contributed by atoms with van der Waals surface area (Å²) in [4.78, 5) is 68.6. The number of nitrogens with zero attached hydrogens (tertiary/aromatic N) is 1. The van der Waals surface area contributed by atoms with Crippen molar-refractivity contribution in [1.82, 2.24) is 4.90 Å². The van der Waals surface area contributed by atoms with Crippen molar-refractivity contribution in [2.45, 2.75) is 104 Å². The first-order chi connectivity index (χ1) is 21.8. The molecule has 1 heterocycles. The summed E-state index contributed by atoms with van der Waals surface area (Å²) in [6.07, 6.45) is 3.27. The highest BCUT2D eigenvalue weighted by molar-refractivity contribution is 7.91. The van der Waals surface area contributed by atoms with Crippen molar-refractivity contribution in [2.24, 2.45) is 58.0 Å². The zero-order valence-electron chi connectivity index (χ0n) is 29.2. The molecule has 6 atom stereocenters. The maximum Gasteiger partial charge on any atom is 0.285 e. The second kappa shape index (κ2) is 13.9. The maximum absolute atomic E-state index is 14.4. The summed E-state index contributed by atoms with van der Waals surface area (Å²) in [6.45, 7) is 14.1. The molecule has 2 N–H and O–H groups in total. The van der Waals surface area contributed by atoms with Crippen LogP contribution in [0.4, 0.5) is 0 Å². The minimum absolute atomic E-state index is 0.0301. The van der Waals surface area contributed by atoms with Gasteiger partial charge >= 0.3 is 0 Å². The Bertz CT molecular complexity index is 1470. The number of benzene rings is 1. The molecular formula is C37H54N2O7S. The molecule has 47 heavy (non-hydrogen) atoms. The lowest BCUT2D eigenvalue weighted by Gasteiger charge is -2.38. The average molecular weight is 671 g/mol. The van der Waals surface area contributed by atoms with E-state index in [0.29, 0.717) is 13.0 Å². The normalized spacial score (nSPS) is 24.2. The second-order valence-corrected chi connectivity index (χ2v) is 18.5. The molecule has 2 amide bonds. The van der Waals surface area contributed by atoms with Gasteiger partial charge in [0.1, 0.15) is 5.78 Å².